The standard InChI is InChI=1S/C51H90O5/c1-3-5-7-9-11-13-15-17-19-21-23-24-25-26-28-29-31-33-35-37-39-41-43-45-50(53)55-48-49(47-52)56-51(54)46-44-42-40-38-36-34-32-30-27-22-20-18-16-14-12-10-8-6-4-2/h6,8,12,14,18,20-21,23,27,30,49,52H,3-5,7,9-11,13,15-17,19,22,24-26,28-29,31-48H2,1-2H3/b8-6-,14-12-,20-18-,23-21-,30-27-. The van der Waals surface area contributed by atoms with E-state index in [2.05, 4.69) is 74.6 Å². The molecular formula is C51H90O5. The zero-order chi connectivity index (χ0) is 40.7. The highest BCUT2D eigenvalue weighted by Crippen LogP contribution is 2.15. The fraction of sp³-hybridized carbons (Fsp3) is 0.765. The molecule has 0 radical (unpaired) electrons. The molecule has 0 rings (SSSR count). The summed E-state index contributed by atoms with van der Waals surface area (Å²) >= 11 is 0. The average Bonchev–Trinajstić information content (AvgIpc) is 3.20. The molecule has 0 fully saturated rings. The Balaban J connectivity index is 3.53. The zero-order valence-electron chi connectivity index (χ0n) is 36.9. The van der Waals surface area contributed by atoms with Crippen molar-refractivity contribution in [2.45, 2.75) is 238 Å². The van der Waals surface area contributed by atoms with E-state index < -0.39 is 6.10 Å². The van der Waals surface area contributed by atoms with Crippen molar-refractivity contribution in [2.75, 3.05) is 13.2 Å². The van der Waals surface area contributed by atoms with Gasteiger partial charge in [-0.1, -0.05) is 203 Å². The predicted octanol–water partition coefficient (Wildman–Crippen LogP) is 15.5. The first-order valence-electron chi connectivity index (χ1n) is 23.8. The molecule has 5 nitrogen and oxygen atoms in total. The smallest absolute Gasteiger partial charge is 0.306 e. The fourth-order valence-electron chi connectivity index (χ4n) is 6.72. The number of hydrogen-bond acceptors (Lipinski definition) is 5. The number of carbonyl (C=O) groups excluding carboxylic acids is 2. The summed E-state index contributed by atoms with van der Waals surface area (Å²) in [5.74, 6) is -0.604. The van der Waals surface area contributed by atoms with Gasteiger partial charge in [-0.25, -0.2) is 0 Å². The van der Waals surface area contributed by atoms with Gasteiger partial charge >= 0.3 is 11.9 Å². The third kappa shape index (κ3) is 44.3. The zero-order valence-corrected chi connectivity index (χ0v) is 36.9. The Labute approximate surface area is 347 Å². The highest BCUT2D eigenvalue weighted by molar-refractivity contribution is 5.70. The maximum absolute atomic E-state index is 12.2. The second-order valence-corrected chi connectivity index (χ2v) is 15.8. The first kappa shape index (κ1) is 53.6. The minimum absolute atomic E-state index is 0.0730. The van der Waals surface area contributed by atoms with Crippen LogP contribution in [0.5, 0.6) is 0 Å². The summed E-state index contributed by atoms with van der Waals surface area (Å²) in [6.07, 6.45) is 61.6. The number of aliphatic hydroxyl groups is 1. The van der Waals surface area contributed by atoms with Crippen LogP contribution in [-0.4, -0.2) is 36.4 Å². The lowest BCUT2D eigenvalue weighted by molar-refractivity contribution is -0.161. The number of ether oxygens (including phenoxy) is 2. The Morgan fingerprint density at radius 3 is 1.18 bits per heavy atom. The molecule has 0 aromatic rings. The van der Waals surface area contributed by atoms with E-state index in [1.165, 1.54) is 135 Å². The van der Waals surface area contributed by atoms with E-state index in [0.717, 1.165) is 70.6 Å². The molecule has 0 saturated heterocycles. The third-order valence-corrected chi connectivity index (χ3v) is 10.3. The monoisotopic (exact) mass is 783 g/mol. The SMILES string of the molecule is CC/C=C\C/C=C\C/C=C\C/C=C\CCCCCCCCC(=O)OC(CO)COC(=O)CCCCCCCCCCCCC/C=C\CCCCCCCCCC. The minimum atomic E-state index is -0.781. The molecule has 0 amide bonds. The van der Waals surface area contributed by atoms with Crippen molar-refractivity contribution in [3.63, 3.8) is 0 Å². The molecule has 0 aliphatic carbocycles. The van der Waals surface area contributed by atoms with Gasteiger partial charge in [0.2, 0.25) is 0 Å². The first-order chi connectivity index (χ1) is 27.6. The van der Waals surface area contributed by atoms with E-state index >= 15 is 0 Å². The van der Waals surface area contributed by atoms with Crippen LogP contribution in [-0.2, 0) is 19.1 Å². The summed E-state index contributed by atoms with van der Waals surface area (Å²) in [7, 11) is 0. The minimum Gasteiger partial charge on any atom is -0.462 e. The van der Waals surface area contributed by atoms with Crippen LogP contribution in [0.15, 0.2) is 60.8 Å². The van der Waals surface area contributed by atoms with Crippen molar-refractivity contribution in [3.05, 3.63) is 60.8 Å². The van der Waals surface area contributed by atoms with Crippen LogP contribution in [0.4, 0.5) is 0 Å². The lowest BCUT2D eigenvalue weighted by atomic mass is 10.0. The number of allylic oxidation sites excluding steroid dienone is 10. The molecule has 0 aliphatic rings. The van der Waals surface area contributed by atoms with Crippen molar-refractivity contribution in [2.24, 2.45) is 0 Å². The second kappa shape index (κ2) is 47.0. The summed E-state index contributed by atoms with van der Waals surface area (Å²) in [6, 6.07) is 0. The molecule has 5 heteroatoms. The third-order valence-electron chi connectivity index (χ3n) is 10.3. The van der Waals surface area contributed by atoms with E-state index in [1.54, 1.807) is 0 Å². The van der Waals surface area contributed by atoms with Crippen molar-refractivity contribution >= 4 is 11.9 Å². The van der Waals surface area contributed by atoms with Crippen molar-refractivity contribution < 1.29 is 24.2 Å². The summed E-state index contributed by atoms with van der Waals surface area (Å²) in [5, 5.41) is 9.60. The van der Waals surface area contributed by atoms with Crippen LogP contribution in [0, 0.1) is 0 Å². The van der Waals surface area contributed by atoms with E-state index in [-0.39, 0.29) is 25.2 Å². The summed E-state index contributed by atoms with van der Waals surface area (Å²) < 4.78 is 10.7. The van der Waals surface area contributed by atoms with Gasteiger partial charge in [-0.15, -0.1) is 0 Å². The molecular weight excluding hydrogens is 693 g/mol. The molecule has 56 heavy (non-hydrogen) atoms. The molecule has 1 N–H and O–H groups in total. The van der Waals surface area contributed by atoms with Gasteiger partial charge in [-0.3, -0.25) is 9.59 Å². The van der Waals surface area contributed by atoms with Crippen molar-refractivity contribution in [1.82, 2.24) is 0 Å². The van der Waals surface area contributed by atoms with Gasteiger partial charge in [0.25, 0.3) is 0 Å². The number of esters is 2. The van der Waals surface area contributed by atoms with E-state index in [0.29, 0.717) is 12.8 Å². The molecule has 0 aromatic heterocycles. The van der Waals surface area contributed by atoms with E-state index in [1.807, 2.05) is 0 Å². The van der Waals surface area contributed by atoms with Crippen LogP contribution >= 0.6 is 0 Å². The molecule has 0 aromatic carbocycles. The number of carbonyl (C=O) groups is 2. The van der Waals surface area contributed by atoms with E-state index in [9.17, 15) is 14.7 Å². The molecule has 324 valence electrons. The lowest BCUT2D eigenvalue weighted by Gasteiger charge is -2.15. The summed E-state index contributed by atoms with van der Waals surface area (Å²) in [4.78, 5) is 24.4. The Kier molecular flexibility index (Phi) is 45.0. The molecule has 0 bridgehead atoms. The molecule has 0 heterocycles. The van der Waals surface area contributed by atoms with Crippen LogP contribution in [0.2, 0.25) is 0 Å². The van der Waals surface area contributed by atoms with Gasteiger partial charge in [-0.2, -0.15) is 0 Å². The van der Waals surface area contributed by atoms with Gasteiger partial charge in [0, 0.05) is 12.8 Å². The Morgan fingerprint density at radius 2 is 0.768 bits per heavy atom. The predicted molar refractivity (Wildman–Crippen MR) is 242 cm³/mol. The summed E-state index contributed by atoms with van der Waals surface area (Å²) in [6.45, 7) is 4.03. The van der Waals surface area contributed by atoms with E-state index in [4.69, 9.17) is 9.47 Å². The highest BCUT2D eigenvalue weighted by atomic mass is 16.6. The van der Waals surface area contributed by atoms with Gasteiger partial charge in [0.15, 0.2) is 6.10 Å². The molecule has 0 spiro atoms. The van der Waals surface area contributed by atoms with Gasteiger partial charge in [0.05, 0.1) is 6.61 Å². The van der Waals surface area contributed by atoms with Gasteiger partial charge in [0.1, 0.15) is 6.61 Å². The molecule has 0 aliphatic heterocycles. The Bertz CT molecular complexity index is 977. The van der Waals surface area contributed by atoms with Crippen LogP contribution in [0.25, 0.3) is 0 Å². The molecule has 1 unspecified atom stereocenters. The molecule has 1 atom stereocenters. The maximum atomic E-state index is 12.2. The Hall–Kier alpha value is -2.40. The van der Waals surface area contributed by atoms with Gasteiger partial charge < -0.3 is 14.6 Å². The van der Waals surface area contributed by atoms with Crippen molar-refractivity contribution in [3.8, 4) is 0 Å². The highest BCUT2D eigenvalue weighted by Gasteiger charge is 2.16. The Morgan fingerprint density at radius 1 is 0.429 bits per heavy atom. The number of aliphatic hydroxyl groups excluding tert-OH is 1. The number of unbranched alkanes of at least 4 members (excludes halogenated alkanes) is 25. The fourth-order valence-corrected chi connectivity index (χ4v) is 6.72. The first-order valence-corrected chi connectivity index (χ1v) is 23.8. The lowest BCUT2D eigenvalue weighted by Crippen LogP contribution is -2.28. The topological polar surface area (TPSA) is 72.8 Å². The second-order valence-electron chi connectivity index (χ2n) is 15.8. The maximum Gasteiger partial charge on any atom is 0.306 e. The van der Waals surface area contributed by atoms with Crippen LogP contribution in [0.1, 0.15) is 232 Å². The number of rotatable bonds is 43. The normalized spacial score (nSPS) is 12.7. The number of hydrogen-bond donors (Lipinski definition) is 1. The average molecular weight is 783 g/mol. The quantitative estimate of drug-likeness (QED) is 0.0379. The van der Waals surface area contributed by atoms with Crippen LogP contribution < -0.4 is 0 Å². The summed E-state index contributed by atoms with van der Waals surface area (Å²) in [5.41, 5.74) is 0. The van der Waals surface area contributed by atoms with Crippen molar-refractivity contribution in [1.29, 1.82) is 0 Å². The van der Waals surface area contributed by atoms with Crippen LogP contribution in [0.3, 0.4) is 0 Å². The van der Waals surface area contributed by atoms with Gasteiger partial charge in [-0.05, 0) is 77.0 Å². The largest absolute Gasteiger partial charge is 0.462 e. The molecule has 0 saturated carbocycles.